The highest BCUT2D eigenvalue weighted by molar-refractivity contribution is 5.99. The average Bonchev–Trinajstić information content (AvgIpc) is 2.96. The normalized spacial score (nSPS) is 15.4. The Morgan fingerprint density at radius 1 is 1.08 bits per heavy atom. The van der Waals surface area contributed by atoms with E-state index in [1.54, 1.807) is 12.0 Å². The minimum absolute atomic E-state index is 0.122. The van der Waals surface area contributed by atoms with Gasteiger partial charge in [0, 0.05) is 42.5 Å². The molecule has 0 aliphatic carbocycles. The van der Waals surface area contributed by atoms with Crippen molar-refractivity contribution < 1.29 is 18.7 Å². The number of aryl methyl sites for hydroxylation is 1. The molecule has 1 aliphatic rings. The topological polar surface area (TPSA) is 63.0 Å². The van der Waals surface area contributed by atoms with Gasteiger partial charge in [-0.15, -0.1) is 0 Å². The number of piperazine rings is 1. The van der Waals surface area contributed by atoms with E-state index in [9.17, 15) is 9.59 Å². The fourth-order valence-electron chi connectivity index (χ4n) is 3.26. The van der Waals surface area contributed by atoms with Crippen LogP contribution in [0.15, 0.2) is 22.6 Å². The third kappa shape index (κ3) is 3.28. The molecule has 1 fully saturated rings. The zero-order valence-corrected chi connectivity index (χ0v) is 16.1. The highest BCUT2D eigenvalue weighted by Crippen LogP contribution is 2.30. The Kier molecular flexibility index (Phi) is 4.69. The van der Waals surface area contributed by atoms with Gasteiger partial charge in [-0.3, -0.25) is 9.59 Å². The number of hydrogen-bond donors (Lipinski definition) is 0. The Morgan fingerprint density at radius 2 is 1.69 bits per heavy atom. The van der Waals surface area contributed by atoms with Crippen LogP contribution in [0.2, 0.25) is 0 Å². The van der Waals surface area contributed by atoms with Crippen LogP contribution < -0.4 is 4.74 Å². The lowest BCUT2D eigenvalue weighted by molar-refractivity contribution is -0.140. The third-order valence-corrected chi connectivity index (χ3v) is 4.83. The number of carbonyl (C=O) groups is 2. The fourth-order valence-corrected chi connectivity index (χ4v) is 3.26. The lowest BCUT2D eigenvalue weighted by Gasteiger charge is -2.37. The number of fused-ring (bicyclic) bond motifs is 1. The summed E-state index contributed by atoms with van der Waals surface area (Å²) in [5, 5.41) is 0.884. The van der Waals surface area contributed by atoms with E-state index in [2.05, 4.69) is 0 Å². The molecule has 1 aliphatic heterocycles. The summed E-state index contributed by atoms with van der Waals surface area (Å²) in [6.45, 7) is 9.76. The number of furan rings is 1. The highest BCUT2D eigenvalue weighted by Gasteiger charge is 2.32. The molecule has 0 bridgehead atoms. The predicted octanol–water partition coefficient (Wildman–Crippen LogP) is 3.08. The van der Waals surface area contributed by atoms with Gasteiger partial charge in [0.2, 0.25) is 5.91 Å². The molecule has 1 aromatic carbocycles. The summed E-state index contributed by atoms with van der Waals surface area (Å²) < 4.78 is 11.1. The number of amides is 2. The van der Waals surface area contributed by atoms with E-state index in [0.717, 1.165) is 16.7 Å². The predicted molar refractivity (Wildman–Crippen MR) is 99.4 cm³/mol. The van der Waals surface area contributed by atoms with Crippen LogP contribution in [0.5, 0.6) is 5.75 Å². The number of benzene rings is 1. The molecule has 6 nitrogen and oxygen atoms in total. The molecule has 2 amide bonds. The van der Waals surface area contributed by atoms with Crippen molar-refractivity contribution in [1.29, 1.82) is 0 Å². The smallest absolute Gasteiger partial charge is 0.290 e. The van der Waals surface area contributed by atoms with Crippen molar-refractivity contribution in [3.63, 3.8) is 0 Å². The quantitative estimate of drug-likeness (QED) is 0.828. The second kappa shape index (κ2) is 6.67. The molecule has 2 aromatic rings. The van der Waals surface area contributed by atoms with E-state index in [1.807, 2.05) is 50.8 Å². The maximum Gasteiger partial charge on any atom is 0.290 e. The standard InChI is InChI=1S/C20H26N2O4/c1-13-15-12-14(25-5)6-7-16(15)26-17(13)18(23)21-8-10-22(11-9-21)19(24)20(2,3)4/h6-7,12H,8-11H2,1-5H3. The van der Waals surface area contributed by atoms with Crippen LogP contribution in [0.4, 0.5) is 0 Å². The molecule has 0 radical (unpaired) electrons. The van der Waals surface area contributed by atoms with Crippen molar-refractivity contribution in [3.05, 3.63) is 29.5 Å². The van der Waals surface area contributed by atoms with Gasteiger partial charge in [0.25, 0.3) is 5.91 Å². The first-order valence-electron chi connectivity index (χ1n) is 8.88. The van der Waals surface area contributed by atoms with E-state index >= 15 is 0 Å². The largest absolute Gasteiger partial charge is 0.497 e. The monoisotopic (exact) mass is 358 g/mol. The van der Waals surface area contributed by atoms with Gasteiger partial charge in [-0.1, -0.05) is 20.8 Å². The van der Waals surface area contributed by atoms with Crippen molar-refractivity contribution in [3.8, 4) is 5.75 Å². The lowest BCUT2D eigenvalue weighted by atomic mass is 9.94. The van der Waals surface area contributed by atoms with Crippen molar-refractivity contribution >= 4 is 22.8 Å². The van der Waals surface area contributed by atoms with Crippen molar-refractivity contribution in [2.45, 2.75) is 27.7 Å². The van der Waals surface area contributed by atoms with Crippen LogP contribution in [0.25, 0.3) is 11.0 Å². The Balaban J connectivity index is 1.76. The van der Waals surface area contributed by atoms with E-state index in [0.29, 0.717) is 37.5 Å². The SMILES string of the molecule is COc1ccc2oc(C(=O)N3CCN(C(=O)C(C)(C)C)CC3)c(C)c2c1. The minimum Gasteiger partial charge on any atom is -0.497 e. The molecule has 0 saturated carbocycles. The van der Waals surface area contributed by atoms with E-state index in [1.165, 1.54) is 0 Å². The summed E-state index contributed by atoms with van der Waals surface area (Å²) in [7, 11) is 1.61. The molecule has 2 heterocycles. The van der Waals surface area contributed by atoms with Crippen molar-refractivity contribution in [2.75, 3.05) is 33.3 Å². The Morgan fingerprint density at radius 3 is 2.27 bits per heavy atom. The molecule has 26 heavy (non-hydrogen) atoms. The lowest BCUT2D eigenvalue weighted by Crippen LogP contribution is -2.53. The molecule has 0 spiro atoms. The molecule has 0 unspecified atom stereocenters. The molecule has 1 saturated heterocycles. The van der Waals surface area contributed by atoms with Gasteiger partial charge in [-0.2, -0.15) is 0 Å². The highest BCUT2D eigenvalue weighted by atomic mass is 16.5. The molecule has 3 rings (SSSR count). The molecular weight excluding hydrogens is 332 g/mol. The van der Waals surface area contributed by atoms with Gasteiger partial charge in [0.05, 0.1) is 7.11 Å². The van der Waals surface area contributed by atoms with E-state index < -0.39 is 5.41 Å². The molecule has 6 heteroatoms. The van der Waals surface area contributed by atoms with Gasteiger partial charge >= 0.3 is 0 Å². The van der Waals surface area contributed by atoms with Crippen LogP contribution in [0, 0.1) is 12.3 Å². The van der Waals surface area contributed by atoms with E-state index in [4.69, 9.17) is 9.15 Å². The van der Waals surface area contributed by atoms with Crippen LogP contribution >= 0.6 is 0 Å². The summed E-state index contributed by atoms with van der Waals surface area (Å²) in [6, 6.07) is 5.51. The Labute approximate surface area is 153 Å². The first kappa shape index (κ1) is 18.3. The van der Waals surface area contributed by atoms with Crippen LogP contribution in [-0.4, -0.2) is 54.9 Å². The second-order valence-electron chi connectivity index (χ2n) is 7.75. The Hall–Kier alpha value is -2.50. The molecule has 1 aromatic heterocycles. The maximum atomic E-state index is 12.9. The number of ether oxygens (including phenoxy) is 1. The zero-order chi connectivity index (χ0) is 19.1. The van der Waals surface area contributed by atoms with Crippen molar-refractivity contribution in [1.82, 2.24) is 9.80 Å². The first-order chi connectivity index (χ1) is 12.2. The van der Waals surface area contributed by atoms with Gasteiger partial charge in [0.15, 0.2) is 5.76 Å². The average molecular weight is 358 g/mol. The third-order valence-electron chi connectivity index (χ3n) is 4.83. The maximum absolute atomic E-state index is 12.9. The van der Waals surface area contributed by atoms with Gasteiger partial charge in [-0.25, -0.2) is 0 Å². The van der Waals surface area contributed by atoms with Gasteiger partial charge in [0.1, 0.15) is 11.3 Å². The fraction of sp³-hybridized carbons (Fsp3) is 0.500. The minimum atomic E-state index is -0.402. The van der Waals surface area contributed by atoms with Crippen LogP contribution in [0.3, 0.4) is 0 Å². The van der Waals surface area contributed by atoms with Crippen molar-refractivity contribution in [2.24, 2.45) is 5.41 Å². The van der Waals surface area contributed by atoms with Crippen LogP contribution in [-0.2, 0) is 4.79 Å². The second-order valence-corrected chi connectivity index (χ2v) is 7.75. The van der Waals surface area contributed by atoms with Crippen LogP contribution in [0.1, 0.15) is 36.9 Å². The summed E-state index contributed by atoms with van der Waals surface area (Å²) in [6.07, 6.45) is 0. The Bertz CT molecular complexity index is 839. The number of rotatable bonds is 2. The summed E-state index contributed by atoms with van der Waals surface area (Å²) in [5.41, 5.74) is 1.09. The number of methoxy groups -OCH3 is 1. The summed E-state index contributed by atoms with van der Waals surface area (Å²) >= 11 is 0. The van der Waals surface area contributed by atoms with Gasteiger partial charge < -0.3 is 19.0 Å². The van der Waals surface area contributed by atoms with E-state index in [-0.39, 0.29) is 11.8 Å². The number of carbonyl (C=O) groups excluding carboxylic acids is 2. The molecule has 140 valence electrons. The molecular formula is C20H26N2O4. The number of nitrogens with zero attached hydrogens (tertiary/aromatic N) is 2. The first-order valence-corrected chi connectivity index (χ1v) is 8.88. The molecule has 0 N–H and O–H groups in total. The number of hydrogen-bond acceptors (Lipinski definition) is 4. The summed E-state index contributed by atoms with van der Waals surface area (Å²) in [5.74, 6) is 1.09. The summed E-state index contributed by atoms with van der Waals surface area (Å²) in [4.78, 5) is 28.9. The van der Waals surface area contributed by atoms with Gasteiger partial charge in [-0.05, 0) is 25.1 Å². The molecule has 0 atom stereocenters. The zero-order valence-electron chi connectivity index (χ0n) is 16.1.